The van der Waals surface area contributed by atoms with Crippen molar-refractivity contribution in [2.45, 2.75) is 11.1 Å². The van der Waals surface area contributed by atoms with Crippen molar-refractivity contribution in [3.8, 4) is 0 Å². The Hall–Kier alpha value is -2.55. The van der Waals surface area contributed by atoms with E-state index in [2.05, 4.69) is 4.98 Å². The number of aliphatic hydroxyl groups excluding tert-OH is 1. The van der Waals surface area contributed by atoms with Crippen LogP contribution in [-0.4, -0.2) is 59.8 Å². The quantitative estimate of drug-likeness (QED) is 0.792. The molecule has 0 saturated carbocycles. The van der Waals surface area contributed by atoms with Crippen LogP contribution < -0.4 is 0 Å². The van der Waals surface area contributed by atoms with Gasteiger partial charge in [0.15, 0.2) is 11.1 Å². The summed E-state index contributed by atoms with van der Waals surface area (Å²) in [4.78, 5) is 18.1. The maximum atomic E-state index is 12.7. The number of benzene rings is 1. The molecule has 0 fully saturated rings. The summed E-state index contributed by atoms with van der Waals surface area (Å²) in [5.41, 5.74) is 2.39. The second kappa shape index (κ2) is 6.88. The summed E-state index contributed by atoms with van der Waals surface area (Å²) >= 11 is 0. The fourth-order valence-corrected chi connectivity index (χ4v) is 4.81. The molecule has 4 rings (SSSR count). The Bertz CT molecular complexity index is 972. The molecule has 1 atom stereocenters. The third-order valence-electron chi connectivity index (χ3n) is 4.90. The van der Waals surface area contributed by atoms with E-state index in [4.69, 9.17) is 0 Å². The van der Waals surface area contributed by atoms with Gasteiger partial charge in [-0.25, -0.2) is 13.4 Å². The summed E-state index contributed by atoms with van der Waals surface area (Å²) in [7, 11) is -3.65. The minimum Gasteiger partial charge on any atom is -0.378 e. The van der Waals surface area contributed by atoms with E-state index in [0.29, 0.717) is 18.7 Å². The highest BCUT2D eigenvalue weighted by Gasteiger charge is 2.39. The van der Waals surface area contributed by atoms with Crippen molar-refractivity contribution in [3.63, 3.8) is 0 Å². The molecule has 3 heterocycles. The summed E-state index contributed by atoms with van der Waals surface area (Å²) in [6.07, 6.45) is 0.245. The van der Waals surface area contributed by atoms with Gasteiger partial charge in [0, 0.05) is 32.4 Å². The molecule has 140 valence electrons. The number of sulfonamides is 1. The number of aliphatic hydroxyl groups is 1. The van der Waals surface area contributed by atoms with Crippen LogP contribution in [0.1, 0.15) is 11.7 Å². The Balaban J connectivity index is 1.42. The van der Waals surface area contributed by atoms with E-state index in [0.717, 1.165) is 11.1 Å². The van der Waals surface area contributed by atoms with Gasteiger partial charge in [0.25, 0.3) is 15.9 Å². The van der Waals surface area contributed by atoms with Crippen LogP contribution in [-0.2, 0) is 14.8 Å². The topological polar surface area (TPSA) is 90.8 Å². The van der Waals surface area contributed by atoms with Gasteiger partial charge in [-0.05, 0) is 28.8 Å². The third-order valence-corrected chi connectivity index (χ3v) is 6.61. The second-order valence-electron chi connectivity index (χ2n) is 6.66. The van der Waals surface area contributed by atoms with Gasteiger partial charge in [-0.1, -0.05) is 36.4 Å². The minimum atomic E-state index is -3.65. The lowest BCUT2D eigenvalue weighted by atomic mass is 10.1. The third kappa shape index (κ3) is 3.27. The maximum Gasteiger partial charge on any atom is 0.261 e. The van der Waals surface area contributed by atoms with Gasteiger partial charge in [0.05, 0.1) is 0 Å². The van der Waals surface area contributed by atoms with Crippen molar-refractivity contribution >= 4 is 15.9 Å². The Morgan fingerprint density at radius 2 is 1.59 bits per heavy atom. The number of pyridine rings is 1. The number of amides is 1. The Morgan fingerprint density at radius 1 is 0.963 bits per heavy atom. The summed E-state index contributed by atoms with van der Waals surface area (Å²) < 4.78 is 26.8. The van der Waals surface area contributed by atoms with Crippen molar-refractivity contribution in [3.05, 3.63) is 71.4 Å². The summed E-state index contributed by atoms with van der Waals surface area (Å²) in [5.74, 6) is -0.366. The first-order valence-electron chi connectivity index (χ1n) is 8.59. The van der Waals surface area contributed by atoms with E-state index in [9.17, 15) is 18.3 Å². The van der Waals surface area contributed by atoms with Crippen LogP contribution in [0.3, 0.4) is 0 Å². The first-order chi connectivity index (χ1) is 13.0. The highest BCUT2D eigenvalue weighted by atomic mass is 32.2. The van der Waals surface area contributed by atoms with Crippen molar-refractivity contribution in [1.29, 1.82) is 0 Å². The molecule has 2 aromatic rings. The van der Waals surface area contributed by atoms with Gasteiger partial charge in [0.1, 0.15) is 0 Å². The van der Waals surface area contributed by atoms with E-state index in [1.165, 1.54) is 16.6 Å². The number of hydrogen-bond donors (Lipinski definition) is 1. The first-order valence-corrected chi connectivity index (χ1v) is 10.0. The molecular weight excluding hydrogens is 366 g/mol. The molecule has 7 nitrogen and oxygen atoms in total. The number of carbonyl (C=O) groups excluding carboxylic acids is 1. The van der Waals surface area contributed by atoms with Crippen LogP contribution in [0.4, 0.5) is 0 Å². The van der Waals surface area contributed by atoms with Gasteiger partial charge in [0.2, 0.25) is 0 Å². The molecule has 1 N–H and O–H groups in total. The Kier molecular flexibility index (Phi) is 4.55. The molecule has 1 aromatic carbocycles. The predicted molar refractivity (Wildman–Crippen MR) is 98.0 cm³/mol. The van der Waals surface area contributed by atoms with E-state index in [1.54, 1.807) is 41.3 Å². The molecule has 1 amide bonds. The molecule has 2 aliphatic heterocycles. The minimum absolute atomic E-state index is 0.0265. The van der Waals surface area contributed by atoms with Crippen molar-refractivity contribution in [2.24, 2.45) is 0 Å². The molecule has 8 heteroatoms. The lowest BCUT2D eigenvalue weighted by molar-refractivity contribution is -0.139. The molecular formula is C19H19N3O4S. The van der Waals surface area contributed by atoms with E-state index in [-0.39, 0.29) is 24.0 Å². The second-order valence-corrected chi connectivity index (χ2v) is 8.54. The molecule has 0 saturated heterocycles. The largest absolute Gasteiger partial charge is 0.378 e. The van der Waals surface area contributed by atoms with Gasteiger partial charge in [-0.3, -0.25) is 4.79 Å². The first kappa shape index (κ1) is 17.8. The van der Waals surface area contributed by atoms with Crippen LogP contribution in [0.5, 0.6) is 0 Å². The van der Waals surface area contributed by atoms with Gasteiger partial charge >= 0.3 is 0 Å². The lowest BCUT2D eigenvalue weighted by Crippen LogP contribution is -2.38. The molecule has 0 bridgehead atoms. The van der Waals surface area contributed by atoms with E-state index >= 15 is 0 Å². The maximum absolute atomic E-state index is 12.7. The van der Waals surface area contributed by atoms with E-state index < -0.39 is 16.1 Å². The molecule has 27 heavy (non-hydrogen) atoms. The number of hydrogen-bond acceptors (Lipinski definition) is 5. The van der Waals surface area contributed by atoms with Crippen LogP contribution in [0.25, 0.3) is 0 Å². The predicted octanol–water partition coefficient (Wildman–Crippen LogP) is 0.958. The number of aromatic nitrogens is 1. The highest BCUT2D eigenvalue weighted by molar-refractivity contribution is 7.89. The normalized spacial score (nSPS) is 18.6. The van der Waals surface area contributed by atoms with Crippen LogP contribution in [0.2, 0.25) is 0 Å². The summed E-state index contributed by atoms with van der Waals surface area (Å²) in [6, 6.07) is 13.6. The number of rotatable bonds is 4. The smallest absolute Gasteiger partial charge is 0.261 e. The lowest BCUT2D eigenvalue weighted by Gasteiger charge is -2.24. The molecule has 0 radical (unpaired) electrons. The zero-order valence-electron chi connectivity index (χ0n) is 14.5. The van der Waals surface area contributed by atoms with Crippen LogP contribution in [0, 0.1) is 0 Å². The SMILES string of the molecule is O=C(C(O)c1ccccc1)N1CC2=C(C1)CN(S(=O)(=O)c1ccccn1)C2. The van der Waals surface area contributed by atoms with Crippen molar-refractivity contribution < 1.29 is 18.3 Å². The summed E-state index contributed by atoms with van der Waals surface area (Å²) in [6.45, 7) is 1.18. The average molecular weight is 385 g/mol. The highest BCUT2D eigenvalue weighted by Crippen LogP contribution is 2.30. The van der Waals surface area contributed by atoms with Crippen LogP contribution in [0.15, 0.2) is 70.9 Å². The fourth-order valence-electron chi connectivity index (χ4n) is 3.45. The Morgan fingerprint density at radius 3 is 2.19 bits per heavy atom. The Labute approximate surface area is 157 Å². The van der Waals surface area contributed by atoms with Gasteiger partial charge in [-0.2, -0.15) is 4.31 Å². The number of carbonyl (C=O) groups is 1. The number of nitrogens with zero attached hydrogens (tertiary/aromatic N) is 3. The molecule has 0 aliphatic carbocycles. The van der Waals surface area contributed by atoms with E-state index in [1.807, 2.05) is 6.07 Å². The fraction of sp³-hybridized carbons (Fsp3) is 0.263. The van der Waals surface area contributed by atoms with Crippen LogP contribution >= 0.6 is 0 Å². The zero-order chi connectivity index (χ0) is 19.0. The standard InChI is InChI=1S/C19H19N3O4S/c23-18(14-6-2-1-3-7-14)19(24)21-10-15-12-22(13-16(15)11-21)27(25,26)17-8-4-5-9-20-17/h1-9,18,23H,10-13H2. The average Bonchev–Trinajstić information content (AvgIpc) is 3.28. The zero-order valence-corrected chi connectivity index (χ0v) is 15.3. The van der Waals surface area contributed by atoms with Crippen molar-refractivity contribution in [2.75, 3.05) is 26.2 Å². The van der Waals surface area contributed by atoms with Gasteiger partial charge < -0.3 is 10.0 Å². The monoisotopic (exact) mass is 385 g/mol. The van der Waals surface area contributed by atoms with Gasteiger partial charge in [-0.15, -0.1) is 0 Å². The molecule has 1 unspecified atom stereocenters. The van der Waals surface area contributed by atoms with Crippen molar-refractivity contribution in [1.82, 2.24) is 14.2 Å². The molecule has 1 aromatic heterocycles. The molecule has 2 aliphatic rings. The summed E-state index contributed by atoms with van der Waals surface area (Å²) in [5, 5.41) is 10.3. The molecule has 0 spiro atoms.